The second-order valence-electron chi connectivity index (χ2n) is 4.98. The molecule has 3 rings (SSSR count). The van der Waals surface area contributed by atoms with Gasteiger partial charge in [0.2, 0.25) is 5.91 Å². The summed E-state index contributed by atoms with van der Waals surface area (Å²) < 4.78 is 1.70. The van der Waals surface area contributed by atoms with Crippen LogP contribution in [0.3, 0.4) is 0 Å². The fourth-order valence-corrected chi connectivity index (χ4v) is 2.79. The van der Waals surface area contributed by atoms with Crippen molar-refractivity contribution in [3.8, 4) is 0 Å². The molecule has 2 amide bonds. The van der Waals surface area contributed by atoms with E-state index < -0.39 is 0 Å². The third-order valence-electron chi connectivity index (χ3n) is 3.70. The highest BCUT2D eigenvalue weighted by atomic mass is 35.5. The molecule has 2 aromatic heterocycles. The number of carbonyl (C=O) groups is 2. The normalized spacial score (nSPS) is 15.5. The predicted molar refractivity (Wildman–Crippen MR) is 78.4 cm³/mol. The monoisotopic (exact) mass is 306 g/mol. The summed E-state index contributed by atoms with van der Waals surface area (Å²) >= 11 is 6.12. The molecular formula is C14H15ClN4O2. The van der Waals surface area contributed by atoms with Crippen LogP contribution in [0.15, 0.2) is 24.4 Å². The number of aromatic nitrogens is 2. The van der Waals surface area contributed by atoms with Crippen molar-refractivity contribution in [3.63, 3.8) is 0 Å². The number of hydrogen-bond acceptors (Lipinski definition) is 3. The second kappa shape index (κ2) is 5.37. The molecule has 0 bridgehead atoms. The summed E-state index contributed by atoms with van der Waals surface area (Å²) in [6.07, 6.45) is 1.77. The van der Waals surface area contributed by atoms with Crippen LogP contribution in [0.4, 0.5) is 0 Å². The van der Waals surface area contributed by atoms with Crippen LogP contribution >= 0.6 is 11.6 Å². The van der Waals surface area contributed by atoms with Gasteiger partial charge in [0.05, 0.1) is 0 Å². The lowest BCUT2D eigenvalue weighted by Crippen LogP contribution is -2.50. The van der Waals surface area contributed by atoms with Gasteiger partial charge >= 0.3 is 0 Å². The first-order valence-electron chi connectivity index (χ1n) is 6.75. The van der Waals surface area contributed by atoms with Gasteiger partial charge in [0.15, 0.2) is 10.8 Å². The minimum absolute atomic E-state index is 0.0370. The molecule has 1 aliphatic rings. The van der Waals surface area contributed by atoms with Crippen LogP contribution in [0.2, 0.25) is 5.15 Å². The lowest BCUT2D eigenvalue weighted by molar-refractivity contribution is -0.130. The highest BCUT2D eigenvalue weighted by molar-refractivity contribution is 6.32. The average molecular weight is 307 g/mol. The quantitative estimate of drug-likeness (QED) is 0.798. The zero-order valence-corrected chi connectivity index (χ0v) is 12.4. The van der Waals surface area contributed by atoms with Crippen molar-refractivity contribution >= 4 is 29.1 Å². The number of amides is 2. The first kappa shape index (κ1) is 13.9. The van der Waals surface area contributed by atoms with Crippen LogP contribution in [0.5, 0.6) is 0 Å². The maximum absolute atomic E-state index is 12.6. The molecule has 21 heavy (non-hydrogen) atoms. The van der Waals surface area contributed by atoms with Gasteiger partial charge in [-0.1, -0.05) is 17.7 Å². The number of piperazine rings is 1. The molecule has 0 atom stereocenters. The summed E-state index contributed by atoms with van der Waals surface area (Å²) in [4.78, 5) is 31.6. The molecule has 2 aromatic rings. The van der Waals surface area contributed by atoms with E-state index in [-0.39, 0.29) is 17.0 Å². The van der Waals surface area contributed by atoms with Crippen LogP contribution in [0.1, 0.15) is 17.4 Å². The topological polar surface area (TPSA) is 57.9 Å². The molecule has 0 saturated carbocycles. The van der Waals surface area contributed by atoms with Crippen molar-refractivity contribution in [1.29, 1.82) is 0 Å². The zero-order valence-electron chi connectivity index (χ0n) is 11.6. The van der Waals surface area contributed by atoms with E-state index in [9.17, 15) is 9.59 Å². The van der Waals surface area contributed by atoms with Crippen LogP contribution in [-0.2, 0) is 4.79 Å². The van der Waals surface area contributed by atoms with Gasteiger partial charge in [-0.15, -0.1) is 0 Å². The Hall–Kier alpha value is -2.08. The second-order valence-corrected chi connectivity index (χ2v) is 5.34. The Labute approximate surface area is 126 Å². The summed E-state index contributed by atoms with van der Waals surface area (Å²) in [5, 5.41) is 0.209. The van der Waals surface area contributed by atoms with E-state index in [1.54, 1.807) is 33.4 Å². The molecule has 110 valence electrons. The standard InChI is InChI=1S/C14H15ClN4O2/c1-10(20)17-6-8-18(9-7-17)14(21)12-13(15)16-11-4-2-3-5-19(11)12/h2-5H,6-9H2,1H3. The van der Waals surface area contributed by atoms with Crippen molar-refractivity contribution in [2.75, 3.05) is 26.2 Å². The van der Waals surface area contributed by atoms with Crippen LogP contribution in [0, 0.1) is 0 Å². The predicted octanol–water partition coefficient (Wildman–Crippen LogP) is 1.29. The Bertz CT molecular complexity index is 704. The van der Waals surface area contributed by atoms with E-state index in [1.165, 1.54) is 0 Å². The summed E-state index contributed by atoms with van der Waals surface area (Å²) in [6, 6.07) is 5.48. The van der Waals surface area contributed by atoms with Crippen LogP contribution in [-0.4, -0.2) is 57.2 Å². The molecule has 0 spiro atoms. The van der Waals surface area contributed by atoms with Gasteiger partial charge in [0.25, 0.3) is 5.91 Å². The van der Waals surface area contributed by atoms with Gasteiger partial charge in [-0.25, -0.2) is 4.98 Å². The smallest absolute Gasteiger partial charge is 0.274 e. The van der Waals surface area contributed by atoms with E-state index in [0.717, 1.165) is 0 Å². The SMILES string of the molecule is CC(=O)N1CCN(C(=O)c2c(Cl)nc3ccccn23)CC1. The van der Waals surface area contributed by atoms with Crippen molar-refractivity contribution < 1.29 is 9.59 Å². The molecule has 3 heterocycles. The van der Waals surface area contributed by atoms with E-state index in [4.69, 9.17) is 11.6 Å². The number of hydrogen-bond donors (Lipinski definition) is 0. The summed E-state index contributed by atoms with van der Waals surface area (Å²) in [7, 11) is 0. The molecule has 1 aliphatic heterocycles. The number of rotatable bonds is 1. The fraction of sp³-hybridized carbons (Fsp3) is 0.357. The molecule has 7 heteroatoms. The number of nitrogens with zero attached hydrogens (tertiary/aromatic N) is 4. The Morgan fingerprint density at radius 3 is 2.48 bits per heavy atom. The first-order valence-corrected chi connectivity index (χ1v) is 7.13. The molecule has 0 N–H and O–H groups in total. The molecule has 1 fully saturated rings. The summed E-state index contributed by atoms with van der Waals surface area (Å²) in [5.41, 5.74) is 1.02. The third-order valence-corrected chi connectivity index (χ3v) is 3.97. The Balaban J connectivity index is 1.85. The average Bonchev–Trinajstić information content (AvgIpc) is 2.82. The molecule has 6 nitrogen and oxygen atoms in total. The van der Waals surface area contributed by atoms with Crippen molar-refractivity contribution in [2.45, 2.75) is 6.92 Å². The third kappa shape index (κ3) is 2.47. The minimum atomic E-state index is -0.151. The number of halogens is 1. The van der Waals surface area contributed by atoms with Crippen LogP contribution in [0.25, 0.3) is 5.65 Å². The fourth-order valence-electron chi connectivity index (χ4n) is 2.53. The van der Waals surface area contributed by atoms with Crippen molar-refractivity contribution in [2.24, 2.45) is 0 Å². The van der Waals surface area contributed by atoms with Gasteiger partial charge in [-0.2, -0.15) is 0 Å². The first-order chi connectivity index (χ1) is 10.1. The largest absolute Gasteiger partial charge is 0.339 e. The Morgan fingerprint density at radius 1 is 1.14 bits per heavy atom. The zero-order chi connectivity index (χ0) is 15.0. The molecular weight excluding hydrogens is 292 g/mol. The number of pyridine rings is 1. The molecule has 0 unspecified atom stereocenters. The molecule has 0 aliphatic carbocycles. The van der Waals surface area contributed by atoms with E-state index in [2.05, 4.69) is 4.98 Å². The van der Waals surface area contributed by atoms with Gasteiger partial charge < -0.3 is 9.80 Å². The van der Waals surface area contributed by atoms with Crippen LogP contribution < -0.4 is 0 Å². The lowest BCUT2D eigenvalue weighted by atomic mass is 10.3. The highest BCUT2D eigenvalue weighted by Gasteiger charge is 2.27. The maximum atomic E-state index is 12.6. The number of carbonyl (C=O) groups excluding carboxylic acids is 2. The van der Waals surface area contributed by atoms with Crippen molar-refractivity contribution in [3.05, 3.63) is 35.2 Å². The van der Waals surface area contributed by atoms with Gasteiger partial charge in [-0.05, 0) is 12.1 Å². The Kier molecular flexibility index (Phi) is 3.55. The van der Waals surface area contributed by atoms with Gasteiger partial charge in [-0.3, -0.25) is 14.0 Å². The summed E-state index contributed by atoms with van der Waals surface area (Å²) in [6.45, 7) is 3.66. The highest BCUT2D eigenvalue weighted by Crippen LogP contribution is 2.20. The number of fused-ring (bicyclic) bond motifs is 1. The molecule has 0 radical (unpaired) electrons. The lowest BCUT2D eigenvalue weighted by Gasteiger charge is -2.34. The summed E-state index contributed by atoms with van der Waals surface area (Å²) in [5.74, 6) is -0.114. The van der Waals surface area contributed by atoms with E-state index in [1.807, 2.05) is 12.1 Å². The number of imidazole rings is 1. The van der Waals surface area contributed by atoms with Gasteiger partial charge in [0.1, 0.15) is 5.65 Å². The minimum Gasteiger partial charge on any atom is -0.339 e. The molecule has 1 saturated heterocycles. The maximum Gasteiger partial charge on any atom is 0.274 e. The Morgan fingerprint density at radius 2 is 1.81 bits per heavy atom. The van der Waals surface area contributed by atoms with Gasteiger partial charge in [0, 0.05) is 39.3 Å². The van der Waals surface area contributed by atoms with E-state index >= 15 is 0 Å². The van der Waals surface area contributed by atoms with Crippen molar-refractivity contribution in [1.82, 2.24) is 19.2 Å². The van der Waals surface area contributed by atoms with E-state index in [0.29, 0.717) is 37.5 Å². The molecule has 0 aromatic carbocycles.